The van der Waals surface area contributed by atoms with Crippen LogP contribution in [0.1, 0.15) is 24.0 Å². The number of nitrogens with one attached hydrogen (secondary N) is 1. The molecule has 1 unspecified atom stereocenters. The van der Waals surface area contributed by atoms with Crippen LogP contribution in [0.4, 0.5) is 0 Å². The number of aromatic nitrogens is 7. The summed E-state index contributed by atoms with van der Waals surface area (Å²) in [6, 6.07) is 8.36. The number of phenols is 1. The Bertz CT molecular complexity index is 1160. The summed E-state index contributed by atoms with van der Waals surface area (Å²) in [4.78, 5) is 20.5. The highest BCUT2D eigenvalue weighted by molar-refractivity contribution is 5.80. The summed E-state index contributed by atoms with van der Waals surface area (Å²) in [6.45, 7) is 1.33. The van der Waals surface area contributed by atoms with Gasteiger partial charge in [-0.3, -0.25) is 9.78 Å². The number of pyridine rings is 1. The van der Waals surface area contributed by atoms with Gasteiger partial charge in [0.1, 0.15) is 18.3 Å². The van der Waals surface area contributed by atoms with E-state index in [1.165, 1.54) is 11.8 Å². The van der Waals surface area contributed by atoms with Gasteiger partial charge in [0.2, 0.25) is 0 Å². The summed E-state index contributed by atoms with van der Waals surface area (Å²) >= 11 is 0. The molecule has 0 amide bonds. The maximum Gasteiger partial charge on any atom is 0.327 e. The molecule has 11 heteroatoms. The van der Waals surface area contributed by atoms with Gasteiger partial charge in [-0.25, -0.2) is 9.67 Å². The lowest BCUT2D eigenvalue weighted by atomic mass is 10.1. The number of carbonyl (C=O) groups is 1. The lowest BCUT2D eigenvalue weighted by Gasteiger charge is -2.18. The second-order valence-electron chi connectivity index (χ2n) is 6.93. The molecule has 4 rings (SSSR count). The number of benzene rings is 1. The first kappa shape index (κ1) is 20.4. The Balaban J connectivity index is 1.61. The number of ether oxygens (including phenoxy) is 1. The van der Waals surface area contributed by atoms with Crippen LogP contribution in [0.2, 0.25) is 0 Å². The minimum absolute atomic E-state index is 0.111. The second-order valence-corrected chi connectivity index (χ2v) is 6.93. The Morgan fingerprint density at radius 1 is 1.29 bits per heavy atom. The van der Waals surface area contributed by atoms with Crippen molar-refractivity contribution in [2.75, 3.05) is 13.7 Å². The van der Waals surface area contributed by atoms with E-state index in [0.29, 0.717) is 23.6 Å². The van der Waals surface area contributed by atoms with Gasteiger partial charge in [-0.15, -0.1) is 5.10 Å². The molecule has 0 aliphatic rings. The maximum atomic E-state index is 11.8. The number of aryl methyl sites for hydroxylation is 1. The number of methoxy groups -OCH3 is 1. The molecular weight excluding hydrogens is 400 g/mol. The van der Waals surface area contributed by atoms with Crippen LogP contribution in [-0.2, 0) is 22.6 Å². The average Bonchev–Trinajstić information content (AvgIpc) is 3.45. The van der Waals surface area contributed by atoms with E-state index in [-0.39, 0.29) is 12.3 Å². The van der Waals surface area contributed by atoms with Crippen LogP contribution < -0.4 is 5.32 Å². The van der Waals surface area contributed by atoms with Crippen molar-refractivity contribution in [2.45, 2.75) is 25.6 Å². The molecule has 160 valence electrons. The first-order valence-electron chi connectivity index (χ1n) is 9.75. The van der Waals surface area contributed by atoms with Crippen molar-refractivity contribution in [3.63, 3.8) is 0 Å². The predicted molar refractivity (Wildman–Crippen MR) is 110 cm³/mol. The molecule has 1 atom stereocenters. The first-order chi connectivity index (χ1) is 15.1. The Labute approximate surface area is 177 Å². The summed E-state index contributed by atoms with van der Waals surface area (Å²) in [7, 11) is 1.32. The third kappa shape index (κ3) is 4.83. The van der Waals surface area contributed by atoms with Gasteiger partial charge in [0.25, 0.3) is 0 Å². The van der Waals surface area contributed by atoms with Gasteiger partial charge in [0, 0.05) is 30.4 Å². The largest absolute Gasteiger partial charge is 0.508 e. The number of aromatic hydroxyl groups is 1. The molecule has 0 fully saturated rings. The van der Waals surface area contributed by atoms with Gasteiger partial charge in [-0.2, -0.15) is 0 Å². The molecule has 0 aliphatic heterocycles. The Morgan fingerprint density at radius 2 is 2.16 bits per heavy atom. The summed E-state index contributed by atoms with van der Waals surface area (Å²) in [5.74, 6) is 0.126. The van der Waals surface area contributed by atoms with E-state index in [4.69, 9.17) is 9.72 Å². The van der Waals surface area contributed by atoms with Crippen LogP contribution in [0, 0.1) is 0 Å². The second kappa shape index (κ2) is 9.30. The fourth-order valence-electron chi connectivity index (χ4n) is 3.26. The lowest BCUT2D eigenvalue weighted by Crippen LogP contribution is -2.29. The zero-order valence-corrected chi connectivity index (χ0v) is 16.9. The normalized spacial score (nSPS) is 12.2. The van der Waals surface area contributed by atoms with Gasteiger partial charge in [-0.1, -0.05) is 6.07 Å². The Hall–Kier alpha value is -3.86. The fourth-order valence-corrected chi connectivity index (χ4v) is 3.26. The van der Waals surface area contributed by atoms with Crippen molar-refractivity contribution in [1.82, 2.24) is 40.1 Å². The van der Waals surface area contributed by atoms with Crippen LogP contribution in [0.5, 0.6) is 5.75 Å². The smallest absolute Gasteiger partial charge is 0.327 e. The summed E-state index contributed by atoms with van der Waals surface area (Å²) < 4.78 is 8.14. The molecule has 31 heavy (non-hydrogen) atoms. The number of nitrogens with zero attached hydrogens (tertiary/aromatic N) is 7. The minimum atomic E-state index is -0.464. The topological polar surface area (TPSA) is 133 Å². The van der Waals surface area contributed by atoms with Crippen LogP contribution in [0.15, 0.2) is 49.1 Å². The van der Waals surface area contributed by atoms with Crippen LogP contribution in [-0.4, -0.2) is 59.5 Å². The third-order valence-electron chi connectivity index (χ3n) is 4.82. The maximum absolute atomic E-state index is 11.8. The molecule has 0 saturated carbocycles. The Morgan fingerprint density at radius 3 is 2.97 bits per heavy atom. The highest BCUT2D eigenvalue weighted by Crippen LogP contribution is 2.23. The van der Waals surface area contributed by atoms with Gasteiger partial charge in [0.05, 0.1) is 24.6 Å². The zero-order chi connectivity index (χ0) is 21.6. The molecule has 0 aliphatic carbocycles. The molecule has 0 radical (unpaired) electrons. The molecule has 3 aromatic heterocycles. The zero-order valence-electron chi connectivity index (χ0n) is 16.9. The minimum Gasteiger partial charge on any atom is -0.508 e. The van der Waals surface area contributed by atoms with Gasteiger partial charge >= 0.3 is 5.97 Å². The van der Waals surface area contributed by atoms with Gasteiger partial charge in [-0.05, 0) is 41.6 Å². The predicted octanol–water partition coefficient (Wildman–Crippen LogP) is 1.07. The number of rotatable bonds is 9. The van der Waals surface area contributed by atoms with Crippen LogP contribution in [0.3, 0.4) is 0 Å². The van der Waals surface area contributed by atoms with Crippen molar-refractivity contribution in [2.24, 2.45) is 0 Å². The number of fused-ring (bicyclic) bond motifs is 1. The van der Waals surface area contributed by atoms with Crippen molar-refractivity contribution in [1.29, 1.82) is 0 Å². The standard InChI is InChI=1S/C20H22N8O3/c1-31-18(30)12-28-20(24-25-26-28)19(22-7-2-9-27-10-8-21-13-27)16-6-4-14-3-5-15(29)11-17(14)23-16/h3-6,8,10-11,13,19,22,29H,2,7,9,12H2,1H3. The van der Waals surface area contributed by atoms with Crippen molar-refractivity contribution >= 4 is 16.9 Å². The third-order valence-corrected chi connectivity index (χ3v) is 4.82. The molecule has 0 spiro atoms. The number of imidazole rings is 1. The average molecular weight is 422 g/mol. The lowest BCUT2D eigenvalue weighted by molar-refractivity contribution is -0.141. The van der Waals surface area contributed by atoms with E-state index < -0.39 is 12.0 Å². The number of hydrogen-bond donors (Lipinski definition) is 2. The number of phenolic OH excluding ortho intramolecular Hbond substituents is 1. The Kier molecular flexibility index (Phi) is 6.13. The summed E-state index contributed by atoms with van der Waals surface area (Å²) in [5, 5.41) is 26.0. The SMILES string of the molecule is COC(=O)Cn1nnnc1C(NCCCn1ccnc1)c1ccc2ccc(O)cc2n1. The number of carbonyl (C=O) groups excluding carboxylic acids is 1. The number of tetrazole rings is 1. The van der Waals surface area contributed by atoms with Gasteiger partial charge in [0.15, 0.2) is 5.82 Å². The molecule has 0 saturated heterocycles. The molecule has 1 aromatic carbocycles. The highest BCUT2D eigenvalue weighted by Gasteiger charge is 2.23. The molecule has 0 bridgehead atoms. The summed E-state index contributed by atoms with van der Waals surface area (Å²) in [5.41, 5.74) is 1.32. The van der Waals surface area contributed by atoms with Crippen LogP contribution in [0.25, 0.3) is 10.9 Å². The molecular formula is C20H22N8O3. The molecule has 3 heterocycles. The quantitative estimate of drug-likeness (QED) is 0.300. The summed E-state index contributed by atoms with van der Waals surface area (Å²) in [6.07, 6.45) is 6.25. The van der Waals surface area contributed by atoms with E-state index in [0.717, 1.165) is 18.4 Å². The molecule has 2 N–H and O–H groups in total. The van der Waals surface area contributed by atoms with Crippen molar-refractivity contribution < 1.29 is 14.6 Å². The van der Waals surface area contributed by atoms with Crippen molar-refractivity contribution in [3.8, 4) is 5.75 Å². The monoisotopic (exact) mass is 422 g/mol. The number of esters is 1. The number of hydrogen-bond acceptors (Lipinski definition) is 9. The fraction of sp³-hybridized carbons (Fsp3) is 0.300. The molecule has 4 aromatic rings. The van der Waals surface area contributed by atoms with E-state index in [1.54, 1.807) is 30.7 Å². The van der Waals surface area contributed by atoms with Gasteiger partial charge < -0.3 is 19.7 Å². The van der Waals surface area contributed by atoms with E-state index in [1.807, 2.05) is 22.9 Å². The van der Waals surface area contributed by atoms with E-state index >= 15 is 0 Å². The van der Waals surface area contributed by atoms with E-state index in [9.17, 15) is 9.90 Å². The van der Waals surface area contributed by atoms with E-state index in [2.05, 4.69) is 25.8 Å². The van der Waals surface area contributed by atoms with Crippen LogP contribution >= 0.6 is 0 Å². The molecule has 11 nitrogen and oxygen atoms in total. The highest BCUT2D eigenvalue weighted by atomic mass is 16.5. The van der Waals surface area contributed by atoms with Crippen molar-refractivity contribution in [3.05, 3.63) is 60.6 Å². The first-order valence-corrected chi connectivity index (χ1v) is 9.75.